The van der Waals surface area contributed by atoms with Crippen LogP contribution in [0.3, 0.4) is 0 Å². The molecular weight excluding hydrogens is 338 g/mol. The van der Waals surface area contributed by atoms with Gasteiger partial charge < -0.3 is 10.2 Å². The Hall–Kier alpha value is -1.68. The summed E-state index contributed by atoms with van der Waals surface area (Å²) in [6.07, 6.45) is 0. The van der Waals surface area contributed by atoms with E-state index in [0.717, 1.165) is 13.1 Å². The van der Waals surface area contributed by atoms with Crippen LogP contribution in [-0.4, -0.2) is 18.0 Å². The van der Waals surface area contributed by atoms with Crippen molar-refractivity contribution in [2.45, 2.75) is 39.4 Å². The lowest BCUT2D eigenvalue weighted by molar-refractivity contribution is -0.919. The SMILES string of the molecule is CC(C)[C@](C)(C#N)NC(=O)C[NH+](Cc1cccs1)Cc1cccs1. The van der Waals surface area contributed by atoms with E-state index in [2.05, 4.69) is 34.3 Å². The number of amides is 1. The van der Waals surface area contributed by atoms with Crippen LogP contribution in [0.5, 0.6) is 0 Å². The molecule has 24 heavy (non-hydrogen) atoms. The van der Waals surface area contributed by atoms with Gasteiger partial charge in [-0.25, -0.2) is 0 Å². The van der Waals surface area contributed by atoms with Crippen LogP contribution in [0.1, 0.15) is 30.5 Å². The lowest BCUT2D eigenvalue weighted by Gasteiger charge is -2.28. The Balaban J connectivity index is 2.04. The number of carbonyl (C=O) groups excluding carboxylic acids is 1. The van der Waals surface area contributed by atoms with Crippen molar-refractivity contribution < 1.29 is 9.69 Å². The van der Waals surface area contributed by atoms with Crippen molar-refractivity contribution in [1.82, 2.24) is 5.32 Å². The van der Waals surface area contributed by atoms with Crippen LogP contribution in [-0.2, 0) is 17.9 Å². The Morgan fingerprint density at radius 3 is 2.17 bits per heavy atom. The third-order valence-corrected chi connectivity index (χ3v) is 5.96. The Bertz CT molecular complexity index is 637. The van der Waals surface area contributed by atoms with Crippen LogP contribution in [0.2, 0.25) is 0 Å². The molecule has 0 spiro atoms. The van der Waals surface area contributed by atoms with Crippen LogP contribution in [0.4, 0.5) is 0 Å². The summed E-state index contributed by atoms with van der Waals surface area (Å²) in [5.41, 5.74) is -0.825. The molecule has 0 fully saturated rings. The predicted octanol–water partition coefficient (Wildman–Crippen LogP) is 2.45. The maximum absolute atomic E-state index is 12.5. The van der Waals surface area contributed by atoms with E-state index in [4.69, 9.17) is 0 Å². The Morgan fingerprint density at radius 1 is 1.25 bits per heavy atom. The number of quaternary nitrogens is 1. The molecule has 0 aliphatic rings. The number of nitrogens with zero attached hydrogens (tertiary/aromatic N) is 1. The average Bonchev–Trinajstić information content (AvgIpc) is 3.20. The van der Waals surface area contributed by atoms with Crippen LogP contribution >= 0.6 is 22.7 Å². The molecule has 128 valence electrons. The number of thiophene rings is 2. The van der Waals surface area contributed by atoms with Crippen LogP contribution in [0, 0.1) is 17.2 Å². The van der Waals surface area contributed by atoms with E-state index in [1.165, 1.54) is 14.7 Å². The first-order chi connectivity index (χ1) is 11.4. The van der Waals surface area contributed by atoms with Gasteiger partial charge in [0.1, 0.15) is 18.6 Å². The first-order valence-electron chi connectivity index (χ1n) is 8.03. The van der Waals surface area contributed by atoms with Gasteiger partial charge in [-0.15, -0.1) is 22.7 Å². The zero-order chi connectivity index (χ0) is 17.6. The number of nitriles is 1. The standard InChI is InChI=1S/C18H23N3OS2/c1-14(2)18(3,13-19)20-17(22)12-21(10-15-6-4-8-23-15)11-16-7-5-9-24-16/h4-9,14H,10-12H2,1-3H3,(H,20,22)/p+1/t18-/m0/s1. The molecule has 6 heteroatoms. The summed E-state index contributed by atoms with van der Waals surface area (Å²) in [5.74, 6) is -0.0136. The largest absolute Gasteiger partial charge is 0.333 e. The van der Waals surface area contributed by atoms with Crippen molar-refractivity contribution in [3.63, 3.8) is 0 Å². The molecule has 4 nitrogen and oxygen atoms in total. The molecule has 0 aromatic carbocycles. The van der Waals surface area contributed by atoms with Gasteiger partial charge in [0.2, 0.25) is 0 Å². The van der Waals surface area contributed by atoms with Crippen LogP contribution in [0.25, 0.3) is 0 Å². The lowest BCUT2D eigenvalue weighted by atomic mass is 9.90. The molecule has 2 aromatic rings. The lowest BCUT2D eigenvalue weighted by Crippen LogP contribution is -3.10. The third-order valence-electron chi connectivity index (χ3n) is 4.21. The fourth-order valence-electron chi connectivity index (χ4n) is 2.37. The molecule has 0 radical (unpaired) electrons. The maximum atomic E-state index is 12.5. The van der Waals surface area contributed by atoms with E-state index >= 15 is 0 Å². The number of hydrogen-bond acceptors (Lipinski definition) is 4. The van der Waals surface area contributed by atoms with Gasteiger partial charge in [-0.1, -0.05) is 26.0 Å². The number of nitrogens with one attached hydrogen (secondary N) is 2. The second-order valence-corrected chi connectivity index (χ2v) is 8.52. The molecule has 1 amide bonds. The minimum Gasteiger partial charge on any atom is -0.333 e. The molecule has 2 heterocycles. The van der Waals surface area contributed by atoms with E-state index in [-0.39, 0.29) is 11.8 Å². The Morgan fingerprint density at radius 2 is 1.79 bits per heavy atom. The summed E-state index contributed by atoms with van der Waals surface area (Å²) < 4.78 is 0. The minimum absolute atomic E-state index is 0.0597. The molecule has 2 aromatic heterocycles. The minimum atomic E-state index is -0.825. The molecule has 0 saturated carbocycles. The molecule has 0 unspecified atom stereocenters. The summed E-state index contributed by atoms with van der Waals surface area (Å²) in [6, 6.07) is 10.5. The van der Waals surface area contributed by atoms with Gasteiger partial charge in [0.05, 0.1) is 15.8 Å². The molecule has 0 saturated heterocycles. The van der Waals surface area contributed by atoms with Crippen molar-refractivity contribution in [2.75, 3.05) is 6.54 Å². The third kappa shape index (κ3) is 5.17. The first-order valence-corrected chi connectivity index (χ1v) is 9.79. The zero-order valence-electron chi connectivity index (χ0n) is 14.3. The van der Waals surface area contributed by atoms with Crippen LogP contribution in [0.15, 0.2) is 35.0 Å². The number of hydrogen-bond donors (Lipinski definition) is 2. The van der Waals surface area contributed by atoms with E-state index in [0.29, 0.717) is 6.54 Å². The van der Waals surface area contributed by atoms with Crippen LogP contribution < -0.4 is 10.2 Å². The van der Waals surface area contributed by atoms with Crippen molar-refractivity contribution in [2.24, 2.45) is 5.92 Å². The van der Waals surface area contributed by atoms with E-state index in [1.807, 2.05) is 26.0 Å². The van der Waals surface area contributed by atoms with Gasteiger partial charge in [0.25, 0.3) is 5.91 Å². The molecule has 2 rings (SSSR count). The van der Waals surface area contributed by atoms with E-state index in [1.54, 1.807) is 29.6 Å². The highest BCUT2D eigenvalue weighted by molar-refractivity contribution is 7.10. The molecular formula is C18H24N3OS2+. The highest BCUT2D eigenvalue weighted by Gasteiger charge is 2.31. The number of rotatable bonds is 8. The second-order valence-electron chi connectivity index (χ2n) is 6.46. The van der Waals surface area contributed by atoms with E-state index < -0.39 is 5.54 Å². The van der Waals surface area contributed by atoms with Crippen molar-refractivity contribution >= 4 is 28.6 Å². The summed E-state index contributed by atoms with van der Waals surface area (Å²) in [5, 5.41) is 16.4. The monoisotopic (exact) mass is 362 g/mol. The molecule has 0 bridgehead atoms. The fourth-order valence-corrected chi connectivity index (χ4v) is 3.92. The average molecular weight is 363 g/mol. The van der Waals surface area contributed by atoms with Gasteiger partial charge in [-0.2, -0.15) is 5.26 Å². The number of carbonyl (C=O) groups is 1. The zero-order valence-corrected chi connectivity index (χ0v) is 16.0. The fraction of sp³-hybridized carbons (Fsp3) is 0.444. The predicted molar refractivity (Wildman–Crippen MR) is 98.9 cm³/mol. The van der Waals surface area contributed by atoms with Crippen molar-refractivity contribution in [3.05, 3.63) is 44.8 Å². The maximum Gasteiger partial charge on any atom is 0.276 e. The summed E-state index contributed by atoms with van der Waals surface area (Å²) in [6.45, 7) is 7.67. The molecule has 2 N–H and O–H groups in total. The van der Waals surface area contributed by atoms with Gasteiger partial charge in [-0.05, 0) is 35.7 Å². The molecule has 0 aliphatic carbocycles. The summed E-state index contributed by atoms with van der Waals surface area (Å²) in [7, 11) is 0. The van der Waals surface area contributed by atoms with E-state index in [9.17, 15) is 10.1 Å². The smallest absolute Gasteiger partial charge is 0.276 e. The van der Waals surface area contributed by atoms with Gasteiger partial charge >= 0.3 is 0 Å². The first kappa shape index (κ1) is 18.7. The Kier molecular flexibility index (Phi) is 6.55. The van der Waals surface area contributed by atoms with Gasteiger partial charge in [0.15, 0.2) is 6.54 Å². The highest BCUT2D eigenvalue weighted by atomic mass is 32.1. The normalized spacial score (nSPS) is 13.7. The summed E-state index contributed by atoms with van der Waals surface area (Å²) >= 11 is 3.42. The molecule has 1 atom stereocenters. The van der Waals surface area contributed by atoms with Crippen molar-refractivity contribution in [1.29, 1.82) is 5.26 Å². The van der Waals surface area contributed by atoms with Crippen molar-refractivity contribution in [3.8, 4) is 6.07 Å². The van der Waals surface area contributed by atoms with Gasteiger partial charge in [0, 0.05) is 0 Å². The second kappa shape index (κ2) is 8.43. The topological polar surface area (TPSA) is 57.3 Å². The highest BCUT2D eigenvalue weighted by Crippen LogP contribution is 2.14. The molecule has 0 aliphatic heterocycles. The quantitative estimate of drug-likeness (QED) is 0.758. The van der Waals surface area contributed by atoms with Gasteiger partial charge in [-0.3, -0.25) is 4.79 Å². The Labute approximate surface area is 151 Å². The summed E-state index contributed by atoms with van der Waals surface area (Å²) in [4.78, 5) is 16.2.